The molecular weight excluding hydrogens is 546 g/mol. The highest BCUT2D eigenvalue weighted by atomic mass is 35.5. The molecule has 1 saturated heterocycles. The molecule has 2 aliphatic rings. The van der Waals surface area contributed by atoms with E-state index in [9.17, 15) is 9.59 Å². The molecule has 6 rings (SSSR count). The molecule has 0 saturated carbocycles. The topological polar surface area (TPSA) is 83.1 Å². The van der Waals surface area contributed by atoms with Gasteiger partial charge in [-0.05, 0) is 49.9 Å². The summed E-state index contributed by atoms with van der Waals surface area (Å²) >= 11 is 7.46. The minimum atomic E-state index is -0.670. The number of halogens is 1. The van der Waals surface area contributed by atoms with Crippen LogP contribution >= 0.6 is 22.9 Å². The molecule has 2 aromatic carbocycles. The van der Waals surface area contributed by atoms with Gasteiger partial charge in [-0.25, -0.2) is 4.99 Å². The van der Waals surface area contributed by atoms with Crippen molar-refractivity contribution in [3.8, 4) is 0 Å². The summed E-state index contributed by atoms with van der Waals surface area (Å²) in [4.78, 5) is 37.2. The zero-order valence-electron chi connectivity index (χ0n) is 22.1. The van der Waals surface area contributed by atoms with E-state index in [0.29, 0.717) is 37.1 Å². The fourth-order valence-corrected chi connectivity index (χ4v) is 6.19. The lowest BCUT2D eigenvalue weighted by atomic mass is 9.95. The lowest BCUT2D eigenvalue weighted by molar-refractivity contribution is -0.113. The van der Waals surface area contributed by atoms with Gasteiger partial charge in [0.05, 0.1) is 21.8 Å². The molecule has 2 aromatic heterocycles. The summed E-state index contributed by atoms with van der Waals surface area (Å²) in [5.41, 5.74) is 2.14. The van der Waals surface area contributed by atoms with Gasteiger partial charge >= 0.3 is 0 Å². The van der Waals surface area contributed by atoms with E-state index in [-0.39, 0.29) is 11.5 Å². The van der Waals surface area contributed by atoms with Gasteiger partial charge in [-0.3, -0.25) is 14.2 Å². The number of nitrogens with zero attached hydrogens (tertiary/aromatic N) is 4. The largest absolute Gasteiger partial charge is 0.441 e. The fourth-order valence-electron chi connectivity index (χ4n) is 5.04. The van der Waals surface area contributed by atoms with Crippen LogP contribution in [0.2, 0.25) is 5.02 Å². The number of anilines is 2. The van der Waals surface area contributed by atoms with Crippen LogP contribution in [-0.2, 0) is 4.79 Å². The van der Waals surface area contributed by atoms with Crippen LogP contribution in [0, 0.1) is 0 Å². The predicted octanol–water partition coefficient (Wildman–Crippen LogP) is 3.87. The number of nitrogens with one attached hydrogen (secondary N) is 1. The van der Waals surface area contributed by atoms with Crippen LogP contribution < -0.4 is 25.1 Å². The highest BCUT2D eigenvalue weighted by Crippen LogP contribution is 2.31. The Bertz CT molecular complexity index is 1760. The molecule has 4 aromatic rings. The number of hydrogen-bond acceptors (Lipinski definition) is 7. The number of fused-ring (bicyclic) bond motifs is 1. The first kappa shape index (κ1) is 26.3. The Morgan fingerprint density at radius 3 is 2.50 bits per heavy atom. The number of piperazine rings is 1. The number of thiazole rings is 1. The molecule has 1 N–H and O–H groups in total. The van der Waals surface area contributed by atoms with Crippen molar-refractivity contribution in [3.05, 3.63) is 114 Å². The third-order valence-corrected chi connectivity index (χ3v) is 8.42. The van der Waals surface area contributed by atoms with Crippen LogP contribution in [0.5, 0.6) is 0 Å². The first-order chi connectivity index (χ1) is 19.4. The molecule has 10 heteroatoms. The molecule has 8 nitrogen and oxygen atoms in total. The molecule has 0 aliphatic carbocycles. The van der Waals surface area contributed by atoms with Crippen LogP contribution in [0.3, 0.4) is 0 Å². The van der Waals surface area contributed by atoms with Crippen molar-refractivity contribution < 1.29 is 9.21 Å². The van der Waals surface area contributed by atoms with Crippen LogP contribution in [0.4, 0.5) is 11.6 Å². The van der Waals surface area contributed by atoms with E-state index in [1.54, 1.807) is 29.7 Å². The van der Waals surface area contributed by atoms with Gasteiger partial charge in [-0.2, -0.15) is 0 Å². The summed E-state index contributed by atoms with van der Waals surface area (Å²) in [6.07, 6.45) is 1.76. The summed E-state index contributed by atoms with van der Waals surface area (Å²) in [6, 6.07) is 19.6. The normalized spacial score (nSPS) is 18.0. The maximum Gasteiger partial charge on any atom is 0.271 e. The van der Waals surface area contributed by atoms with E-state index in [2.05, 4.69) is 22.2 Å². The van der Waals surface area contributed by atoms with E-state index in [1.165, 1.54) is 11.3 Å². The van der Waals surface area contributed by atoms with Crippen molar-refractivity contribution in [2.75, 3.05) is 43.4 Å². The second-order valence-electron chi connectivity index (χ2n) is 9.92. The average molecular weight is 574 g/mol. The maximum absolute atomic E-state index is 13.9. The van der Waals surface area contributed by atoms with E-state index < -0.39 is 6.04 Å². The third kappa shape index (κ3) is 5.15. The molecule has 0 bridgehead atoms. The Morgan fingerprint density at radius 2 is 1.77 bits per heavy atom. The van der Waals surface area contributed by atoms with E-state index >= 15 is 0 Å². The van der Waals surface area contributed by atoms with Crippen molar-refractivity contribution >= 4 is 46.5 Å². The summed E-state index contributed by atoms with van der Waals surface area (Å²) in [5, 5.41) is 3.53. The zero-order chi connectivity index (χ0) is 27.8. The van der Waals surface area contributed by atoms with Crippen molar-refractivity contribution in [3.63, 3.8) is 0 Å². The van der Waals surface area contributed by atoms with E-state index in [4.69, 9.17) is 21.0 Å². The minimum Gasteiger partial charge on any atom is -0.441 e. The number of rotatable bonds is 5. The number of furan rings is 1. The second kappa shape index (κ2) is 10.9. The molecule has 204 valence electrons. The number of para-hydroxylation sites is 1. The molecule has 4 heterocycles. The first-order valence-electron chi connectivity index (χ1n) is 13.0. The zero-order valence-corrected chi connectivity index (χ0v) is 23.7. The number of aromatic nitrogens is 1. The number of carbonyl (C=O) groups excluding carboxylic acids is 1. The van der Waals surface area contributed by atoms with Gasteiger partial charge in [0.25, 0.3) is 11.5 Å². The molecule has 0 radical (unpaired) electrons. The average Bonchev–Trinajstić information content (AvgIpc) is 3.53. The molecule has 1 amide bonds. The Hall–Kier alpha value is -3.92. The summed E-state index contributed by atoms with van der Waals surface area (Å²) < 4.78 is 8.19. The standard InChI is InChI=1S/C30H28ClN5O3S/c1-19-26(28(37)33-22-6-4-3-5-7-22)27(20-8-10-21(31)11-9-20)36-29(38)24(40-30(36)32-19)18-23-12-13-25(39-23)35-16-14-34(2)15-17-35/h3-13,18,27H,14-17H2,1-2H3,(H,33,37)/b24-18+/t27-/m0/s1. The number of amides is 1. The van der Waals surface area contributed by atoms with Gasteiger partial charge in [0, 0.05) is 49.0 Å². The lowest BCUT2D eigenvalue weighted by Crippen LogP contribution is -2.44. The SMILES string of the molecule is CC1=C(C(=O)Nc2ccccc2)[C@H](c2ccc(Cl)cc2)n2c(s/c(=C/c3ccc(N4CCN(C)CC4)o3)c2=O)=N1. The number of hydrogen-bond donors (Lipinski definition) is 1. The number of allylic oxidation sites excluding steroid dienone is 1. The fraction of sp³-hybridized carbons (Fsp3) is 0.233. The second-order valence-corrected chi connectivity index (χ2v) is 11.4. The van der Waals surface area contributed by atoms with Crippen LogP contribution in [-0.4, -0.2) is 48.6 Å². The van der Waals surface area contributed by atoms with E-state index in [1.807, 2.05) is 54.6 Å². The van der Waals surface area contributed by atoms with Gasteiger partial charge in [0.1, 0.15) is 5.76 Å². The summed E-state index contributed by atoms with van der Waals surface area (Å²) in [7, 11) is 2.11. The van der Waals surface area contributed by atoms with Crippen molar-refractivity contribution in [1.29, 1.82) is 0 Å². The Labute approximate surface area is 240 Å². The van der Waals surface area contributed by atoms with Gasteiger partial charge in [-0.15, -0.1) is 0 Å². The quantitative estimate of drug-likeness (QED) is 0.392. The highest BCUT2D eigenvalue weighted by Gasteiger charge is 2.32. The van der Waals surface area contributed by atoms with Crippen molar-refractivity contribution in [2.45, 2.75) is 13.0 Å². The molecule has 0 spiro atoms. The Kier molecular flexibility index (Phi) is 7.18. The van der Waals surface area contributed by atoms with Crippen LogP contribution in [0.1, 0.15) is 24.3 Å². The monoisotopic (exact) mass is 573 g/mol. The summed E-state index contributed by atoms with van der Waals surface area (Å²) in [6.45, 7) is 5.52. The lowest BCUT2D eigenvalue weighted by Gasteiger charge is -2.32. The number of benzene rings is 2. The molecule has 2 aliphatic heterocycles. The van der Waals surface area contributed by atoms with Gasteiger partial charge in [0.15, 0.2) is 10.7 Å². The molecule has 1 fully saturated rings. The molecule has 40 heavy (non-hydrogen) atoms. The third-order valence-electron chi connectivity index (χ3n) is 7.18. The Balaban J connectivity index is 1.41. The van der Waals surface area contributed by atoms with Crippen LogP contribution in [0.15, 0.2) is 92.2 Å². The highest BCUT2D eigenvalue weighted by molar-refractivity contribution is 7.07. The van der Waals surface area contributed by atoms with Gasteiger partial charge < -0.3 is 19.5 Å². The smallest absolute Gasteiger partial charge is 0.271 e. The van der Waals surface area contributed by atoms with E-state index in [0.717, 1.165) is 37.6 Å². The predicted molar refractivity (Wildman–Crippen MR) is 159 cm³/mol. The van der Waals surface area contributed by atoms with Gasteiger partial charge in [0.2, 0.25) is 0 Å². The summed E-state index contributed by atoms with van der Waals surface area (Å²) in [5.74, 6) is 1.08. The molecular formula is C30H28ClN5O3S. The molecule has 0 unspecified atom stereocenters. The Morgan fingerprint density at radius 1 is 1.05 bits per heavy atom. The number of likely N-dealkylation sites (N-methyl/N-ethyl adjacent to an activating group) is 1. The van der Waals surface area contributed by atoms with Crippen LogP contribution in [0.25, 0.3) is 6.08 Å². The van der Waals surface area contributed by atoms with Gasteiger partial charge in [-0.1, -0.05) is 53.3 Å². The number of carbonyl (C=O) groups is 1. The maximum atomic E-state index is 13.9. The molecule has 1 atom stereocenters. The first-order valence-corrected chi connectivity index (χ1v) is 14.2. The van der Waals surface area contributed by atoms with Crippen molar-refractivity contribution in [1.82, 2.24) is 9.47 Å². The van der Waals surface area contributed by atoms with Crippen molar-refractivity contribution in [2.24, 2.45) is 4.99 Å². The minimum absolute atomic E-state index is 0.237.